The maximum atomic E-state index is 13.5. The summed E-state index contributed by atoms with van der Waals surface area (Å²) in [4.78, 5) is 13.5. The van der Waals surface area contributed by atoms with E-state index < -0.39 is 12.0 Å². The number of unbranched alkanes of at least 4 members (excludes halogenated alkanes) is 1. The van der Waals surface area contributed by atoms with Crippen LogP contribution in [0, 0.1) is 0 Å². The topological polar surface area (TPSA) is 126 Å². The van der Waals surface area contributed by atoms with Crippen molar-refractivity contribution in [1.29, 1.82) is 0 Å². The van der Waals surface area contributed by atoms with E-state index in [0.29, 0.717) is 47.7 Å². The molecular weight excluding hydrogens is 562 g/mol. The van der Waals surface area contributed by atoms with Gasteiger partial charge in [-0.1, -0.05) is 77.9 Å². The van der Waals surface area contributed by atoms with Gasteiger partial charge in [0.05, 0.1) is 25.4 Å². The molecule has 3 heterocycles. The van der Waals surface area contributed by atoms with Crippen LogP contribution in [-0.4, -0.2) is 61.9 Å². The maximum Gasteiger partial charge on any atom is 0.338 e. The summed E-state index contributed by atoms with van der Waals surface area (Å²) in [5.41, 5.74) is 2.82. The van der Waals surface area contributed by atoms with Gasteiger partial charge in [-0.2, -0.15) is 4.68 Å². The molecule has 0 saturated heterocycles. The number of hydrogen-bond donors (Lipinski definition) is 1. The summed E-state index contributed by atoms with van der Waals surface area (Å²) in [5.74, 6) is 1.61. The van der Waals surface area contributed by atoms with Crippen molar-refractivity contribution in [3.8, 4) is 22.1 Å². The Labute approximate surface area is 246 Å². The van der Waals surface area contributed by atoms with Gasteiger partial charge in [-0.25, -0.2) is 4.79 Å². The van der Waals surface area contributed by atoms with Gasteiger partial charge in [0.1, 0.15) is 11.0 Å². The van der Waals surface area contributed by atoms with Gasteiger partial charge in [-0.05, 0) is 48.4 Å². The first-order valence-corrected chi connectivity index (χ1v) is 15.3. The molecule has 41 heavy (non-hydrogen) atoms. The van der Waals surface area contributed by atoms with Crippen LogP contribution in [0.5, 0.6) is 11.5 Å². The molecule has 1 N–H and O–H groups in total. The van der Waals surface area contributed by atoms with E-state index in [4.69, 9.17) is 14.2 Å². The number of aromatic nitrogens is 6. The molecule has 1 atom stereocenters. The number of thioether (sulfide) groups is 1. The third kappa shape index (κ3) is 6.51. The normalized spacial score (nSPS) is 14.4. The Morgan fingerprint density at radius 3 is 2.66 bits per heavy atom. The third-order valence-electron chi connectivity index (χ3n) is 6.20. The van der Waals surface area contributed by atoms with E-state index >= 15 is 0 Å². The predicted octanol–water partition coefficient (Wildman–Crippen LogP) is 5.39. The molecule has 1 aliphatic rings. The predicted molar refractivity (Wildman–Crippen MR) is 157 cm³/mol. The summed E-state index contributed by atoms with van der Waals surface area (Å²) in [6.07, 6.45) is 1.96. The highest BCUT2D eigenvalue weighted by atomic mass is 32.2. The van der Waals surface area contributed by atoms with Crippen molar-refractivity contribution < 1.29 is 19.0 Å². The molecule has 0 saturated carbocycles. The van der Waals surface area contributed by atoms with Crippen molar-refractivity contribution in [3.05, 3.63) is 65.4 Å². The summed E-state index contributed by atoms with van der Waals surface area (Å²) in [6, 6.07) is 14.9. The lowest BCUT2D eigenvalue weighted by Gasteiger charge is -2.29. The Balaban J connectivity index is 1.49. The molecular formula is C28H31N7O4S2. The van der Waals surface area contributed by atoms with Crippen LogP contribution in [0.25, 0.3) is 10.6 Å². The van der Waals surface area contributed by atoms with E-state index in [2.05, 4.69) is 38.0 Å². The average molecular weight is 594 g/mol. The number of fused-ring (bicyclic) bond motifs is 1. The quantitative estimate of drug-likeness (QED) is 0.122. The summed E-state index contributed by atoms with van der Waals surface area (Å²) in [6.45, 7) is 7.09. The Bertz CT molecular complexity index is 1510. The molecule has 0 bridgehead atoms. The fraction of sp³-hybridized carbons (Fsp3) is 0.357. The SMILES string of the molecule is CCCCOc1ccc(C2C(C(=O)OCC)=C(CSc3nnc(-c4ccccc4)s3)Nc3nnnn32)cc1OCC. The first kappa shape index (κ1) is 28.6. The van der Waals surface area contributed by atoms with Crippen molar-refractivity contribution in [3.63, 3.8) is 0 Å². The Kier molecular flexibility index (Phi) is 9.47. The number of ether oxygens (including phenoxy) is 3. The average Bonchev–Trinajstić information content (AvgIpc) is 3.67. The lowest BCUT2D eigenvalue weighted by atomic mass is 9.95. The van der Waals surface area contributed by atoms with E-state index in [1.165, 1.54) is 23.1 Å². The molecule has 4 aromatic rings. The number of carbonyl (C=O) groups is 1. The molecule has 5 rings (SSSR count). The van der Waals surface area contributed by atoms with Gasteiger partial charge >= 0.3 is 5.97 Å². The number of nitrogens with one attached hydrogen (secondary N) is 1. The van der Waals surface area contributed by atoms with Crippen LogP contribution in [0.4, 0.5) is 5.95 Å². The second-order valence-corrected chi connectivity index (χ2v) is 11.2. The monoisotopic (exact) mass is 593 g/mol. The molecule has 11 nitrogen and oxygen atoms in total. The van der Waals surface area contributed by atoms with Crippen LogP contribution in [0.2, 0.25) is 0 Å². The van der Waals surface area contributed by atoms with Gasteiger partial charge in [0.2, 0.25) is 5.95 Å². The molecule has 0 spiro atoms. The van der Waals surface area contributed by atoms with Gasteiger partial charge in [0, 0.05) is 17.0 Å². The third-order valence-corrected chi connectivity index (χ3v) is 8.33. The molecule has 0 amide bonds. The van der Waals surface area contributed by atoms with E-state index in [1.54, 1.807) is 11.6 Å². The first-order chi connectivity index (χ1) is 20.1. The Hall–Kier alpha value is -3.97. The smallest absolute Gasteiger partial charge is 0.338 e. The van der Waals surface area contributed by atoms with E-state index in [9.17, 15) is 4.79 Å². The van der Waals surface area contributed by atoms with Gasteiger partial charge in [0.15, 0.2) is 15.8 Å². The van der Waals surface area contributed by atoms with Gasteiger partial charge in [0.25, 0.3) is 0 Å². The van der Waals surface area contributed by atoms with Crippen LogP contribution >= 0.6 is 23.1 Å². The number of tetrazole rings is 1. The number of carbonyl (C=O) groups excluding carboxylic acids is 1. The molecule has 0 fully saturated rings. The zero-order chi connectivity index (χ0) is 28.6. The minimum absolute atomic E-state index is 0.225. The Morgan fingerprint density at radius 1 is 1.02 bits per heavy atom. The van der Waals surface area contributed by atoms with Crippen molar-refractivity contribution in [2.24, 2.45) is 0 Å². The van der Waals surface area contributed by atoms with Crippen LogP contribution < -0.4 is 14.8 Å². The molecule has 214 valence electrons. The number of hydrogen-bond acceptors (Lipinski definition) is 12. The number of rotatable bonds is 13. The maximum absolute atomic E-state index is 13.5. The molecule has 0 radical (unpaired) electrons. The van der Waals surface area contributed by atoms with Crippen molar-refractivity contribution in [2.45, 2.75) is 44.0 Å². The summed E-state index contributed by atoms with van der Waals surface area (Å²) in [7, 11) is 0. The van der Waals surface area contributed by atoms with Gasteiger partial charge in [-0.3, -0.25) is 0 Å². The molecule has 2 aromatic heterocycles. The van der Waals surface area contributed by atoms with E-state index in [0.717, 1.165) is 33.3 Å². The van der Waals surface area contributed by atoms with Crippen molar-refractivity contribution in [2.75, 3.05) is 30.9 Å². The first-order valence-electron chi connectivity index (χ1n) is 13.5. The minimum Gasteiger partial charge on any atom is -0.490 e. The molecule has 1 aliphatic heterocycles. The second-order valence-electron chi connectivity index (χ2n) is 8.96. The van der Waals surface area contributed by atoms with E-state index in [-0.39, 0.29) is 6.61 Å². The number of anilines is 1. The number of esters is 1. The number of nitrogens with zero attached hydrogens (tertiary/aromatic N) is 6. The lowest BCUT2D eigenvalue weighted by Crippen LogP contribution is -2.31. The molecule has 2 aromatic carbocycles. The van der Waals surface area contributed by atoms with Crippen molar-refractivity contribution in [1.82, 2.24) is 30.4 Å². The standard InChI is InChI=1S/C28H31N7O4S2/c1-4-7-15-39-21-14-13-19(16-22(21)37-5-2)24-23(26(36)38-6-3)20(29-27-31-33-34-35(24)27)17-40-28-32-30-25(41-28)18-11-9-8-10-12-18/h8-14,16,24H,4-7,15,17H2,1-3H3,(H,29,31,34). The zero-order valence-corrected chi connectivity index (χ0v) is 24.7. The number of benzene rings is 2. The largest absolute Gasteiger partial charge is 0.490 e. The second kappa shape index (κ2) is 13.6. The van der Waals surface area contributed by atoms with Crippen LogP contribution in [0.3, 0.4) is 0 Å². The van der Waals surface area contributed by atoms with Crippen LogP contribution in [-0.2, 0) is 9.53 Å². The van der Waals surface area contributed by atoms with Crippen LogP contribution in [0.1, 0.15) is 45.2 Å². The minimum atomic E-state index is -0.644. The summed E-state index contributed by atoms with van der Waals surface area (Å²) < 4.78 is 19.8. The highest BCUT2D eigenvalue weighted by molar-refractivity contribution is 8.01. The highest BCUT2D eigenvalue weighted by Crippen LogP contribution is 2.40. The van der Waals surface area contributed by atoms with Gasteiger partial charge in [-0.15, -0.1) is 10.2 Å². The summed E-state index contributed by atoms with van der Waals surface area (Å²) >= 11 is 2.97. The highest BCUT2D eigenvalue weighted by Gasteiger charge is 2.37. The molecule has 0 aliphatic carbocycles. The molecule has 13 heteroatoms. The fourth-order valence-electron chi connectivity index (χ4n) is 4.31. The van der Waals surface area contributed by atoms with E-state index in [1.807, 2.05) is 55.5 Å². The van der Waals surface area contributed by atoms with Crippen molar-refractivity contribution >= 4 is 35.0 Å². The Morgan fingerprint density at radius 2 is 1.88 bits per heavy atom. The lowest BCUT2D eigenvalue weighted by molar-refractivity contribution is -0.139. The van der Waals surface area contributed by atoms with Gasteiger partial charge < -0.3 is 19.5 Å². The summed E-state index contributed by atoms with van der Waals surface area (Å²) in [5, 5.41) is 25.0. The van der Waals surface area contributed by atoms with Crippen LogP contribution in [0.15, 0.2) is 64.1 Å². The zero-order valence-electron chi connectivity index (χ0n) is 23.1. The fourth-order valence-corrected chi connectivity index (χ4v) is 6.14. The molecule has 1 unspecified atom stereocenters.